The van der Waals surface area contributed by atoms with Gasteiger partial charge in [0.2, 0.25) is 11.6 Å². The highest BCUT2D eigenvalue weighted by molar-refractivity contribution is 5.95. The van der Waals surface area contributed by atoms with Gasteiger partial charge in [0.25, 0.3) is 5.91 Å². The van der Waals surface area contributed by atoms with Crippen LogP contribution in [0.5, 0.6) is 23.0 Å². The Kier molecular flexibility index (Phi) is 7.68. The summed E-state index contributed by atoms with van der Waals surface area (Å²) in [6.07, 6.45) is 0. The molecular formula is C22H24N4O7. The number of benzene rings is 2. The summed E-state index contributed by atoms with van der Waals surface area (Å²) in [6, 6.07) is 10.1. The average molecular weight is 456 g/mol. The van der Waals surface area contributed by atoms with E-state index in [1.807, 2.05) is 0 Å². The molecule has 0 unspecified atom stereocenters. The van der Waals surface area contributed by atoms with Crippen LogP contribution in [0.1, 0.15) is 21.0 Å². The van der Waals surface area contributed by atoms with Crippen molar-refractivity contribution in [1.29, 1.82) is 0 Å². The van der Waals surface area contributed by atoms with E-state index in [4.69, 9.17) is 23.5 Å². The number of rotatable bonds is 10. The minimum absolute atomic E-state index is 0.148. The Morgan fingerprint density at radius 1 is 0.848 bits per heavy atom. The lowest BCUT2D eigenvalue weighted by Gasteiger charge is -2.14. The van der Waals surface area contributed by atoms with Crippen molar-refractivity contribution < 1.29 is 33.1 Å². The fourth-order valence-electron chi connectivity index (χ4n) is 2.91. The van der Waals surface area contributed by atoms with Crippen LogP contribution in [0.15, 0.2) is 40.9 Å². The lowest BCUT2D eigenvalue weighted by atomic mass is 10.1. The molecule has 3 rings (SSSR count). The third-order valence-electron chi connectivity index (χ3n) is 4.59. The van der Waals surface area contributed by atoms with Gasteiger partial charge < -0.3 is 34.1 Å². The van der Waals surface area contributed by atoms with E-state index < -0.39 is 5.91 Å². The number of hydrogen-bond acceptors (Lipinski definition) is 9. The van der Waals surface area contributed by atoms with E-state index in [1.54, 1.807) is 31.4 Å². The molecule has 1 aromatic heterocycles. The van der Waals surface area contributed by atoms with Crippen molar-refractivity contribution in [3.63, 3.8) is 0 Å². The fourth-order valence-corrected chi connectivity index (χ4v) is 2.91. The molecule has 0 fully saturated rings. The summed E-state index contributed by atoms with van der Waals surface area (Å²) in [5.74, 6) is 0.965. The zero-order valence-corrected chi connectivity index (χ0v) is 18.6. The average Bonchev–Trinajstić information content (AvgIpc) is 3.35. The molecule has 0 aliphatic carbocycles. The molecule has 174 valence electrons. The zero-order chi connectivity index (χ0) is 23.8. The molecule has 0 spiro atoms. The van der Waals surface area contributed by atoms with Crippen LogP contribution in [-0.4, -0.2) is 63.5 Å². The Hall–Kier alpha value is -4.28. The minimum atomic E-state index is -0.552. The summed E-state index contributed by atoms with van der Waals surface area (Å²) in [7, 11) is 5.98. The van der Waals surface area contributed by atoms with Crippen LogP contribution in [0.25, 0.3) is 11.4 Å². The van der Waals surface area contributed by atoms with E-state index in [0.717, 1.165) is 0 Å². The summed E-state index contributed by atoms with van der Waals surface area (Å²) in [6.45, 7) is 0.315. The van der Waals surface area contributed by atoms with Gasteiger partial charge in [-0.1, -0.05) is 5.16 Å². The number of ether oxygens (including phenoxy) is 4. The van der Waals surface area contributed by atoms with Gasteiger partial charge in [-0.15, -0.1) is 0 Å². The predicted octanol–water partition coefficient (Wildman–Crippen LogP) is 1.93. The van der Waals surface area contributed by atoms with Crippen molar-refractivity contribution in [2.45, 2.75) is 0 Å². The molecule has 0 aliphatic rings. The van der Waals surface area contributed by atoms with Crippen LogP contribution in [0.4, 0.5) is 0 Å². The number of aromatic nitrogens is 2. The number of carbonyl (C=O) groups is 2. The van der Waals surface area contributed by atoms with Crippen molar-refractivity contribution in [3.05, 3.63) is 47.9 Å². The van der Waals surface area contributed by atoms with E-state index in [2.05, 4.69) is 20.8 Å². The third-order valence-corrected chi connectivity index (χ3v) is 4.59. The molecule has 1 heterocycles. The summed E-state index contributed by atoms with van der Waals surface area (Å²) in [5.41, 5.74) is 0.994. The van der Waals surface area contributed by atoms with Crippen molar-refractivity contribution >= 4 is 11.8 Å². The van der Waals surface area contributed by atoms with Gasteiger partial charge in [-0.05, 0) is 36.4 Å². The Morgan fingerprint density at radius 3 is 2.00 bits per heavy atom. The minimum Gasteiger partial charge on any atom is -0.497 e. The van der Waals surface area contributed by atoms with Gasteiger partial charge in [0, 0.05) is 24.2 Å². The molecular weight excluding hydrogens is 432 g/mol. The highest BCUT2D eigenvalue weighted by Crippen LogP contribution is 2.38. The van der Waals surface area contributed by atoms with Gasteiger partial charge in [-0.25, -0.2) is 0 Å². The largest absolute Gasteiger partial charge is 0.497 e. The molecule has 0 saturated heterocycles. The molecule has 3 aromatic rings. The maximum absolute atomic E-state index is 12.5. The lowest BCUT2D eigenvalue weighted by molar-refractivity contribution is 0.0898. The molecule has 0 saturated carbocycles. The van der Waals surface area contributed by atoms with Gasteiger partial charge in [-0.3, -0.25) is 9.59 Å². The van der Waals surface area contributed by atoms with Crippen molar-refractivity contribution in [2.24, 2.45) is 0 Å². The van der Waals surface area contributed by atoms with E-state index >= 15 is 0 Å². The van der Waals surface area contributed by atoms with Gasteiger partial charge in [0.1, 0.15) is 5.75 Å². The maximum atomic E-state index is 12.5. The first-order valence-electron chi connectivity index (χ1n) is 9.85. The highest BCUT2D eigenvalue weighted by atomic mass is 16.5. The summed E-state index contributed by atoms with van der Waals surface area (Å²) in [5, 5.41) is 9.13. The van der Waals surface area contributed by atoms with E-state index in [9.17, 15) is 9.59 Å². The second-order valence-corrected chi connectivity index (χ2v) is 6.58. The number of carbonyl (C=O) groups excluding carboxylic acids is 2. The monoisotopic (exact) mass is 456 g/mol. The molecule has 33 heavy (non-hydrogen) atoms. The normalized spacial score (nSPS) is 10.3. The molecule has 0 radical (unpaired) electrons. The predicted molar refractivity (Wildman–Crippen MR) is 117 cm³/mol. The van der Waals surface area contributed by atoms with Crippen LogP contribution in [0.2, 0.25) is 0 Å². The highest BCUT2D eigenvalue weighted by Gasteiger charge is 2.18. The topological polar surface area (TPSA) is 134 Å². The van der Waals surface area contributed by atoms with E-state index in [1.165, 1.54) is 33.5 Å². The number of nitrogens with zero attached hydrogens (tertiary/aromatic N) is 2. The summed E-state index contributed by atoms with van der Waals surface area (Å²) >= 11 is 0. The van der Waals surface area contributed by atoms with E-state index in [0.29, 0.717) is 34.1 Å². The Balaban J connectivity index is 1.53. The molecule has 0 aliphatic heterocycles. The number of hydrogen-bond donors (Lipinski definition) is 2. The smallest absolute Gasteiger partial charge is 0.316 e. The van der Waals surface area contributed by atoms with Gasteiger partial charge >= 0.3 is 11.8 Å². The molecule has 11 heteroatoms. The first-order chi connectivity index (χ1) is 16.0. The second-order valence-electron chi connectivity index (χ2n) is 6.58. The number of methoxy groups -OCH3 is 4. The molecule has 0 atom stereocenters. The fraction of sp³-hybridized carbons (Fsp3) is 0.273. The van der Waals surface area contributed by atoms with Gasteiger partial charge in [-0.2, -0.15) is 4.98 Å². The van der Waals surface area contributed by atoms with Crippen molar-refractivity contribution in [2.75, 3.05) is 41.5 Å². The van der Waals surface area contributed by atoms with Crippen LogP contribution in [-0.2, 0) is 0 Å². The summed E-state index contributed by atoms with van der Waals surface area (Å²) in [4.78, 5) is 28.8. The quantitative estimate of drug-likeness (QED) is 0.439. The zero-order valence-electron chi connectivity index (χ0n) is 18.6. The molecule has 2 amide bonds. The van der Waals surface area contributed by atoms with Crippen molar-refractivity contribution in [1.82, 2.24) is 20.8 Å². The van der Waals surface area contributed by atoms with Crippen molar-refractivity contribution in [3.8, 4) is 34.4 Å². The summed E-state index contributed by atoms with van der Waals surface area (Å²) < 4.78 is 25.9. The number of amides is 2. The SMILES string of the molecule is COc1ccc(-c2noc(C(=O)NCCNC(=O)c3cc(OC)c(OC)c(OC)c3)n2)cc1. The first kappa shape index (κ1) is 23.4. The molecule has 2 aromatic carbocycles. The molecule has 2 N–H and O–H groups in total. The number of nitrogens with one attached hydrogen (secondary N) is 2. The van der Waals surface area contributed by atoms with Crippen LogP contribution >= 0.6 is 0 Å². The Bertz CT molecular complexity index is 1090. The Morgan fingerprint density at radius 2 is 1.45 bits per heavy atom. The van der Waals surface area contributed by atoms with Gasteiger partial charge in [0.05, 0.1) is 28.4 Å². The Labute approximate surface area is 190 Å². The first-order valence-corrected chi connectivity index (χ1v) is 9.85. The van der Waals surface area contributed by atoms with Crippen LogP contribution in [0, 0.1) is 0 Å². The van der Waals surface area contributed by atoms with Crippen LogP contribution < -0.4 is 29.6 Å². The lowest BCUT2D eigenvalue weighted by Crippen LogP contribution is -2.34. The van der Waals surface area contributed by atoms with E-state index in [-0.39, 0.29) is 30.7 Å². The van der Waals surface area contributed by atoms with Crippen LogP contribution in [0.3, 0.4) is 0 Å². The van der Waals surface area contributed by atoms with Gasteiger partial charge in [0.15, 0.2) is 11.5 Å². The molecule has 11 nitrogen and oxygen atoms in total. The molecule has 0 bridgehead atoms. The maximum Gasteiger partial charge on any atom is 0.316 e. The standard InChI is InChI=1S/C22H24N4O7/c1-29-15-7-5-13(6-8-15)19-25-22(33-26-19)21(28)24-10-9-23-20(27)14-11-16(30-2)18(32-4)17(12-14)31-3/h5-8,11-12H,9-10H2,1-4H3,(H,23,27)(H,24,28). The third kappa shape index (κ3) is 5.50. The second kappa shape index (κ2) is 10.8.